The van der Waals surface area contributed by atoms with Crippen molar-refractivity contribution in [3.8, 4) is 0 Å². The molecule has 3 aromatic rings. The van der Waals surface area contributed by atoms with Crippen molar-refractivity contribution in [1.82, 2.24) is 15.6 Å². The number of sulfone groups is 1. The van der Waals surface area contributed by atoms with E-state index in [9.17, 15) is 36.0 Å². The highest BCUT2D eigenvalue weighted by Crippen LogP contribution is 2.36. The van der Waals surface area contributed by atoms with Gasteiger partial charge >= 0.3 is 11.5 Å². The van der Waals surface area contributed by atoms with E-state index in [1.807, 2.05) is 0 Å². The number of hydrogen-bond donors (Lipinski definition) is 2. The minimum Gasteiger partial charge on any atom is -0.346 e. The highest BCUT2D eigenvalue weighted by molar-refractivity contribution is 7.92. The van der Waals surface area contributed by atoms with Crippen LogP contribution in [0.15, 0.2) is 84.0 Å². The third-order valence-corrected chi connectivity index (χ3v) is 7.56. The zero-order valence-electron chi connectivity index (χ0n) is 19.8. The summed E-state index contributed by atoms with van der Waals surface area (Å²) < 4.78 is 62.0. The molecule has 2 atom stereocenters. The van der Waals surface area contributed by atoms with Gasteiger partial charge in [-0.1, -0.05) is 30.3 Å². The number of halogens is 3. The van der Waals surface area contributed by atoms with Crippen molar-refractivity contribution in [3.63, 3.8) is 0 Å². The first-order valence-electron chi connectivity index (χ1n) is 11.2. The van der Waals surface area contributed by atoms with E-state index in [0.29, 0.717) is 22.6 Å². The number of imide groups is 1. The van der Waals surface area contributed by atoms with Crippen LogP contribution in [0.3, 0.4) is 0 Å². The van der Waals surface area contributed by atoms with Gasteiger partial charge in [0.1, 0.15) is 5.54 Å². The summed E-state index contributed by atoms with van der Waals surface area (Å²) in [6.07, 6.45) is 2.90. The number of carbonyl (C=O) groups excluding carboxylic acids is 3. The number of benzene rings is 2. The standard InChI is InChI=1S/C25H21F3N4O5S/c1-24(21(17-11-13-29-14-12-17)30-20(33)15-16-5-3-2-4-6-16)22(34)32(23(35)31-24)18-7-9-19(10-8-18)38(36,37)25(26,27)28/h2-14,21H,15H2,1H3,(H,30,33)(H,31,35). The van der Waals surface area contributed by atoms with Gasteiger partial charge in [0.05, 0.1) is 23.0 Å². The summed E-state index contributed by atoms with van der Waals surface area (Å²) in [5, 5.41) is 5.37. The Kier molecular flexibility index (Phi) is 6.98. The SMILES string of the molecule is CC1(C(NC(=O)Cc2ccccc2)c2ccncc2)NC(=O)N(c2ccc(S(=O)(=O)C(F)(F)F)cc2)C1=O. The third kappa shape index (κ3) is 4.96. The molecule has 4 rings (SSSR count). The molecule has 2 unspecified atom stereocenters. The molecule has 1 aliphatic rings. The van der Waals surface area contributed by atoms with Crippen molar-refractivity contribution in [2.24, 2.45) is 0 Å². The van der Waals surface area contributed by atoms with Crippen LogP contribution in [0, 0.1) is 0 Å². The largest absolute Gasteiger partial charge is 0.501 e. The van der Waals surface area contributed by atoms with Gasteiger partial charge in [0.25, 0.3) is 15.7 Å². The number of rotatable bonds is 7. The predicted octanol–water partition coefficient (Wildman–Crippen LogP) is 3.29. The van der Waals surface area contributed by atoms with Crippen molar-refractivity contribution in [2.45, 2.75) is 35.3 Å². The number of anilines is 1. The summed E-state index contributed by atoms with van der Waals surface area (Å²) in [5.41, 5.74) is -6.18. The maximum Gasteiger partial charge on any atom is 0.501 e. The van der Waals surface area contributed by atoms with Gasteiger partial charge in [-0.25, -0.2) is 18.1 Å². The first-order chi connectivity index (χ1) is 17.8. The third-order valence-electron chi connectivity index (χ3n) is 6.06. The lowest BCUT2D eigenvalue weighted by atomic mass is 9.86. The van der Waals surface area contributed by atoms with Crippen LogP contribution in [0.2, 0.25) is 0 Å². The maximum absolute atomic E-state index is 13.6. The summed E-state index contributed by atoms with van der Waals surface area (Å²) in [7, 11) is -5.61. The second-order valence-electron chi connectivity index (χ2n) is 8.66. The number of urea groups is 1. The van der Waals surface area contributed by atoms with Crippen molar-refractivity contribution in [1.29, 1.82) is 0 Å². The van der Waals surface area contributed by atoms with E-state index in [1.54, 1.807) is 42.5 Å². The van der Waals surface area contributed by atoms with Gasteiger partial charge in [0, 0.05) is 12.4 Å². The summed E-state index contributed by atoms with van der Waals surface area (Å²) in [6, 6.07) is 13.2. The Hall–Kier alpha value is -4.26. The average Bonchev–Trinajstić information content (AvgIpc) is 3.11. The second-order valence-corrected chi connectivity index (χ2v) is 10.6. The van der Waals surface area contributed by atoms with Gasteiger partial charge in [0.15, 0.2) is 0 Å². The molecule has 1 fully saturated rings. The molecule has 0 aliphatic carbocycles. The number of hydrogen-bond acceptors (Lipinski definition) is 6. The summed E-state index contributed by atoms with van der Waals surface area (Å²) in [6.45, 7) is 1.41. The van der Waals surface area contributed by atoms with Crippen LogP contribution >= 0.6 is 0 Å². The Bertz CT molecular complexity index is 1470. The van der Waals surface area contributed by atoms with E-state index in [4.69, 9.17) is 0 Å². The number of nitrogens with zero attached hydrogens (tertiary/aromatic N) is 2. The molecule has 198 valence electrons. The summed E-state index contributed by atoms with van der Waals surface area (Å²) >= 11 is 0. The average molecular weight is 547 g/mol. The van der Waals surface area contributed by atoms with Crippen LogP contribution in [0.4, 0.5) is 23.7 Å². The van der Waals surface area contributed by atoms with Gasteiger partial charge in [0.2, 0.25) is 5.91 Å². The number of pyridine rings is 1. The summed E-state index contributed by atoms with van der Waals surface area (Å²) in [4.78, 5) is 43.1. The van der Waals surface area contributed by atoms with Gasteiger partial charge in [-0.2, -0.15) is 13.2 Å². The maximum atomic E-state index is 13.6. The van der Waals surface area contributed by atoms with Crippen molar-refractivity contribution >= 4 is 33.4 Å². The van der Waals surface area contributed by atoms with Gasteiger partial charge < -0.3 is 10.6 Å². The molecule has 1 aromatic heterocycles. The number of alkyl halides is 3. The van der Waals surface area contributed by atoms with Crippen molar-refractivity contribution in [2.75, 3.05) is 4.90 Å². The topological polar surface area (TPSA) is 126 Å². The summed E-state index contributed by atoms with van der Waals surface area (Å²) in [5.74, 6) is -1.24. The van der Waals surface area contributed by atoms with Crippen LogP contribution in [0.5, 0.6) is 0 Å². The van der Waals surface area contributed by atoms with Gasteiger partial charge in [-0.3, -0.25) is 14.6 Å². The lowest BCUT2D eigenvalue weighted by molar-refractivity contribution is -0.125. The number of carbonyl (C=O) groups is 3. The van der Waals surface area contributed by atoms with E-state index in [0.717, 1.165) is 17.7 Å². The zero-order valence-corrected chi connectivity index (χ0v) is 20.6. The molecule has 2 aromatic carbocycles. The highest BCUT2D eigenvalue weighted by atomic mass is 32.2. The lowest BCUT2D eigenvalue weighted by Crippen LogP contribution is -2.55. The molecular formula is C25H21F3N4O5S. The molecule has 2 heterocycles. The molecule has 1 saturated heterocycles. The van der Waals surface area contributed by atoms with Crippen LogP contribution in [0.1, 0.15) is 24.1 Å². The Balaban J connectivity index is 1.65. The van der Waals surface area contributed by atoms with Gasteiger partial charge in [-0.15, -0.1) is 0 Å². The smallest absolute Gasteiger partial charge is 0.346 e. The lowest BCUT2D eigenvalue weighted by Gasteiger charge is -2.33. The molecule has 0 bridgehead atoms. The van der Waals surface area contributed by atoms with Crippen LogP contribution in [0.25, 0.3) is 0 Å². The molecule has 0 spiro atoms. The zero-order chi connectivity index (χ0) is 27.7. The van der Waals surface area contributed by atoms with E-state index >= 15 is 0 Å². The Morgan fingerprint density at radius 2 is 1.63 bits per heavy atom. The molecule has 13 heteroatoms. The molecule has 38 heavy (non-hydrogen) atoms. The molecule has 2 N–H and O–H groups in total. The molecule has 4 amide bonds. The first kappa shape index (κ1) is 26.8. The highest BCUT2D eigenvalue weighted by Gasteiger charge is 2.54. The Morgan fingerprint density at radius 3 is 2.21 bits per heavy atom. The minimum absolute atomic E-state index is 0.000500. The molecule has 0 radical (unpaired) electrons. The Labute approximate surface area is 215 Å². The number of nitrogens with one attached hydrogen (secondary N) is 2. The minimum atomic E-state index is -5.61. The fourth-order valence-corrected chi connectivity index (χ4v) is 4.87. The second kappa shape index (κ2) is 9.89. The fraction of sp³-hybridized carbons (Fsp3) is 0.200. The normalized spacial score (nSPS) is 18.7. The first-order valence-corrected chi connectivity index (χ1v) is 12.6. The predicted molar refractivity (Wildman–Crippen MR) is 129 cm³/mol. The van der Waals surface area contributed by atoms with E-state index in [-0.39, 0.29) is 12.1 Å². The quantitative estimate of drug-likeness (QED) is 0.438. The van der Waals surface area contributed by atoms with Gasteiger partial charge in [-0.05, 0) is 54.4 Å². The van der Waals surface area contributed by atoms with E-state index in [2.05, 4.69) is 15.6 Å². The molecule has 0 saturated carbocycles. The van der Waals surface area contributed by atoms with Crippen molar-refractivity contribution in [3.05, 3.63) is 90.3 Å². The van der Waals surface area contributed by atoms with Crippen LogP contribution in [-0.2, 0) is 25.8 Å². The molecule has 9 nitrogen and oxygen atoms in total. The van der Waals surface area contributed by atoms with Crippen LogP contribution < -0.4 is 15.5 Å². The molecule has 1 aliphatic heterocycles. The number of amides is 4. The van der Waals surface area contributed by atoms with Crippen molar-refractivity contribution < 1.29 is 36.0 Å². The Morgan fingerprint density at radius 1 is 1.03 bits per heavy atom. The van der Waals surface area contributed by atoms with Crippen LogP contribution in [-0.4, -0.2) is 42.3 Å². The fourth-order valence-electron chi connectivity index (χ4n) is 4.10. The van der Waals surface area contributed by atoms with E-state index in [1.165, 1.54) is 19.3 Å². The van der Waals surface area contributed by atoms with E-state index < -0.39 is 49.7 Å². The number of aromatic nitrogens is 1. The molecular weight excluding hydrogens is 525 g/mol. The monoisotopic (exact) mass is 546 g/mol.